The zero-order valence-electron chi connectivity index (χ0n) is 6.94. The Kier molecular flexibility index (Phi) is 1.94. The minimum atomic E-state index is -1.62. The van der Waals surface area contributed by atoms with E-state index in [2.05, 4.69) is 0 Å². The molecule has 2 aliphatic heterocycles. The van der Waals surface area contributed by atoms with Gasteiger partial charge in [-0.2, -0.15) is 0 Å². The van der Waals surface area contributed by atoms with E-state index in [9.17, 15) is 9.59 Å². The van der Waals surface area contributed by atoms with Crippen molar-refractivity contribution < 1.29 is 14.7 Å². The lowest BCUT2D eigenvalue weighted by Gasteiger charge is -2.44. The summed E-state index contributed by atoms with van der Waals surface area (Å²) >= 11 is 6.82. The molecule has 0 aromatic heterocycles. The lowest BCUT2D eigenvalue weighted by Crippen LogP contribution is -2.55. The van der Waals surface area contributed by atoms with Crippen molar-refractivity contribution in [3.63, 3.8) is 0 Å². The third-order valence-corrected chi connectivity index (χ3v) is 4.22. The number of amides is 1. The molecule has 3 N–H and O–H groups in total. The zero-order chi connectivity index (χ0) is 10.5. The monoisotopic (exact) mass is 234 g/mol. The van der Waals surface area contributed by atoms with E-state index in [4.69, 9.17) is 22.4 Å². The van der Waals surface area contributed by atoms with Crippen LogP contribution in [0.2, 0.25) is 0 Å². The van der Waals surface area contributed by atoms with Crippen LogP contribution in [0.15, 0.2) is 11.9 Å². The molecule has 0 saturated carbocycles. The Hall–Kier alpha value is -0.880. The summed E-state index contributed by atoms with van der Waals surface area (Å²) in [7, 11) is 0. The summed E-state index contributed by atoms with van der Waals surface area (Å²) in [6, 6.07) is 0. The van der Waals surface area contributed by atoms with Crippen LogP contribution in [0.25, 0.3) is 0 Å². The second-order valence-corrected chi connectivity index (χ2v) is 5.25. The van der Waals surface area contributed by atoms with E-state index in [0.717, 1.165) is 11.8 Å². The highest BCUT2D eigenvalue weighted by Crippen LogP contribution is 2.47. The molecular weight excluding hydrogens is 228 g/mol. The normalized spacial score (nSPS) is 35.8. The first kappa shape index (κ1) is 9.67. The Morgan fingerprint density at radius 1 is 1.86 bits per heavy atom. The number of aliphatic carboxylic acids is 1. The molecule has 1 saturated heterocycles. The number of hydrogen-bond donors (Lipinski definition) is 2. The van der Waals surface area contributed by atoms with E-state index in [1.165, 1.54) is 11.1 Å². The maximum atomic E-state index is 11.0. The summed E-state index contributed by atoms with van der Waals surface area (Å²) in [6.07, 6.45) is 1.63. The molecule has 76 valence electrons. The number of nitrogens with zero attached hydrogens (tertiary/aromatic N) is 1. The maximum absolute atomic E-state index is 11.0. The molecule has 0 aromatic rings. The summed E-state index contributed by atoms with van der Waals surface area (Å²) in [5.41, 5.74) is 5.48. The van der Waals surface area contributed by atoms with Crippen LogP contribution in [0, 0.1) is 0 Å². The van der Waals surface area contributed by atoms with E-state index in [-0.39, 0.29) is 17.0 Å². The summed E-state index contributed by atoms with van der Waals surface area (Å²) in [6.45, 7) is 0. The molecule has 0 bridgehead atoms. The average molecular weight is 235 g/mol. The van der Waals surface area contributed by atoms with E-state index in [1.54, 1.807) is 0 Å². The molecule has 2 aliphatic rings. The molecule has 0 spiro atoms. The second-order valence-electron chi connectivity index (χ2n) is 3.06. The van der Waals surface area contributed by atoms with Crippen LogP contribution in [0.3, 0.4) is 0 Å². The van der Waals surface area contributed by atoms with Gasteiger partial charge in [0.1, 0.15) is 0 Å². The fourth-order valence-electron chi connectivity index (χ4n) is 1.32. The van der Waals surface area contributed by atoms with Gasteiger partial charge in [-0.3, -0.25) is 4.79 Å². The highest BCUT2D eigenvalue weighted by Gasteiger charge is 2.52. The summed E-state index contributed by atoms with van der Waals surface area (Å²) in [4.78, 5) is 23.3. The number of β-lactam (4-membered cyclic amide) rings is 1. The number of carbonyl (C=O) groups excluding carboxylic acids is 1. The number of carboxylic acids is 1. The largest absolute Gasteiger partial charge is 0.479 e. The Bertz CT molecular complexity index is 359. The summed E-state index contributed by atoms with van der Waals surface area (Å²) in [5, 5.41) is 8.69. The van der Waals surface area contributed by atoms with Gasteiger partial charge < -0.3 is 15.7 Å². The molecule has 0 aliphatic carbocycles. The van der Waals surface area contributed by atoms with E-state index in [0.29, 0.717) is 6.42 Å². The molecule has 1 fully saturated rings. The van der Waals surface area contributed by atoms with Gasteiger partial charge in [-0.25, -0.2) is 4.79 Å². The number of fused-ring (bicyclic) bond motifs is 1. The van der Waals surface area contributed by atoms with Gasteiger partial charge in [0, 0.05) is 6.20 Å². The zero-order valence-corrected chi connectivity index (χ0v) is 8.51. The van der Waals surface area contributed by atoms with Gasteiger partial charge in [0.15, 0.2) is 0 Å². The first-order valence-electron chi connectivity index (χ1n) is 3.84. The SMILES string of the molecule is NC1=CN2C(=O)C[C@H]2SC1(Cl)C(=O)O. The average Bonchev–Trinajstić information content (AvgIpc) is 2.11. The highest BCUT2D eigenvalue weighted by molar-refractivity contribution is 8.03. The lowest BCUT2D eigenvalue weighted by atomic mass is 10.2. The van der Waals surface area contributed by atoms with Crippen molar-refractivity contribution in [3.05, 3.63) is 11.9 Å². The third kappa shape index (κ3) is 1.10. The number of hydrogen-bond acceptors (Lipinski definition) is 4. The molecule has 2 heterocycles. The fraction of sp³-hybridized carbons (Fsp3) is 0.429. The van der Waals surface area contributed by atoms with Gasteiger partial charge in [0.25, 0.3) is 0 Å². The Balaban J connectivity index is 2.33. The summed E-state index contributed by atoms with van der Waals surface area (Å²) < 4.78 is -1.62. The van der Waals surface area contributed by atoms with Gasteiger partial charge in [-0.05, 0) is 0 Å². The molecule has 0 aromatic carbocycles. The Morgan fingerprint density at radius 2 is 2.50 bits per heavy atom. The van der Waals surface area contributed by atoms with Crippen LogP contribution in [-0.4, -0.2) is 31.5 Å². The number of carboxylic acid groups (broad SMARTS) is 1. The molecule has 0 radical (unpaired) electrons. The van der Waals surface area contributed by atoms with Gasteiger partial charge in [0.05, 0.1) is 17.5 Å². The molecule has 2 rings (SSSR count). The van der Waals surface area contributed by atoms with Crippen molar-refractivity contribution in [1.82, 2.24) is 4.90 Å². The fourth-order valence-corrected chi connectivity index (χ4v) is 2.86. The van der Waals surface area contributed by atoms with Crippen LogP contribution < -0.4 is 5.73 Å². The molecule has 14 heavy (non-hydrogen) atoms. The van der Waals surface area contributed by atoms with Gasteiger partial charge >= 0.3 is 5.97 Å². The lowest BCUT2D eigenvalue weighted by molar-refractivity contribution is -0.140. The predicted molar refractivity (Wildman–Crippen MR) is 51.3 cm³/mol. The first-order valence-corrected chi connectivity index (χ1v) is 5.10. The smallest absolute Gasteiger partial charge is 0.341 e. The minimum absolute atomic E-state index is 0.0130. The number of halogens is 1. The Labute approximate surface area is 88.9 Å². The predicted octanol–water partition coefficient (Wildman–Crippen LogP) is 0.111. The van der Waals surface area contributed by atoms with E-state index < -0.39 is 10.2 Å². The van der Waals surface area contributed by atoms with Crippen molar-refractivity contribution in [1.29, 1.82) is 0 Å². The molecule has 5 nitrogen and oxygen atoms in total. The van der Waals surface area contributed by atoms with Gasteiger partial charge in [-0.15, -0.1) is 0 Å². The molecule has 2 atom stereocenters. The van der Waals surface area contributed by atoms with Crippen molar-refractivity contribution in [3.8, 4) is 0 Å². The first-order chi connectivity index (χ1) is 6.45. The minimum Gasteiger partial charge on any atom is -0.479 e. The van der Waals surface area contributed by atoms with Crippen molar-refractivity contribution in [2.24, 2.45) is 5.73 Å². The Morgan fingerprint density at radius 3 is 3.00 bits per heavy atom. The number of alkyl halides is 1. The molecular formula is C7H7ClN2O3S. The standard InChI is InChI=1S/C7H7ClN2O3S/c8-7(6(12)13)3(9)2-10-4(11)1-5(10)14-7/h2,5H,1,9H2,(H,12,13)/t5-,7?/m1/s1. The van der Waals surface area contributed by atoms with Crippen LogP contribution in [0.4, 0.5) is 0 Å². The maximum Gasteiger partial charge on any atom is 0.341 e. The van der Waals surface area contributed by atoms with E-state index >= 15 is 0 Å². The van der Waals surface area contributed by atoms with Crippen molar-refractivity contribution >= 4 is 35.2 Å². The topological polar surface area (TPSA) is 83.6 Å². The molecule has 7 heteroatoms. The van der Waals surface area contributed by atoms with Crippen molar-refractivity contribution in [2.75, 3.05) is 0 Å². The highest BCUT2D eigenvalue weighted by atomic mass is 35.5. The van der Waals surface area contributed by atoms with E-state index in [1.807, 2.05) is 0 Å². The number of rotatable bonds is 1. The van der Waals surface area contributed by atoms with Gasteiger partial charge in [-0.1, -0.05) is 23.4 Å². The van der Waals surface area contributed by atoms with Crippen LogP contribution in [0.5, 0.6) is 0 Å². The summed E-state index contributed by atoms with van der Waals surface area (Å²) in [5.74, 6) is -1.26. The molecule has 1 unspecified atom stereocenters. The quantitative estimate of drug-likeness (QED) is 0.497. The van der Waals surface area contributed by atoms with Crippen LogP contribution in [-0.2, 0) is 9.59 Å². The number of carbonyl (C=O) groups is 2. The molecule has 1 amide bonds. The number of thioether (sulfide) groups is 1. The van der Waals surface area contributed by atoms with Crippen LogP contribution in [0.1, 0.15) is 6.42 Å². The van der Waals surface area contributed by atoms with Gasteiger partial charge in [0.2, 0.25) is 10.1 Å². The van der Waals surface area contributed by atoms with Crippen molar-refractivity contribution in [2.45, 2.75) is 16.0 Å². The second kappa shape index (κ2) is 2.80. The number of nitrogens with two attached hydrogens (primary N) is 1. The van der Waals surface area contributed by atoms with Crippen LogP contribution >= 0.6 is 23.4 Å². The third-order valence-electron chi connectivity index (χ3n) is 2.17.